The first-order valence-corrected chi connectivity index (χ1v) is 7.23. The summed E-state index contributed by atoms with van der Waals surface area (Å²) >= 11 is 5.64. The van der Waals surface area contributed by atoms with Crippen molar-refractivity contribution in [3.63, 3.8) is 0 Å². The number of pyridine rings is 1. The molecule has 1 aromatic heterocycles. The minimum absolute atomic E-state index is 0.131. The van der Waals surface area contributed by atoms with Gasteiger partial charge in [0.1, 0.15) is 5.67 Å². The predicted octanol–water partition coefficient (Wildman–Crippen LogP) is 2.25. The minimum atomic E-state index is -3.20. The van der Waals surface area contributed by atoms with E-state index in [1.807, 2.05) is 0 Å². The van der Waals surface area contributed by atoms with Crippen LogP contribution in [0.25, 0.3) is 0 Å². The lowest BCUT2D eigenvalue weighted by Gasteiger charge is -2.29. The molecule has 0 spiro atoms. The van der Waals surface area contributed by atoms with Crippen molar-refractivity contribution in [3.8, 4) is 0 Å². The van der Waals surface area contributed by atoms with Crippen LogP contribution in [0.3, 0.4) is 0 Å². The summed E-state index contributed by atoms with van der Waals surface area (Å²) in [5.41, 5.74) is -2.24. The second-order valence-corrected chi connectivity index (χ2v) is 6.85. The van der Waals surface area contributed by atoms with Gasteiger partial charge in [-0.3, -0.25) is 0 Å². The molecular formula is C10H10ClF2NO2S. The van der Waals surface area contributed by atoms with Crippen LogP contribution in [0.5, 0.6) is 0 Å². The zero-order valence-electron chi connectivity index (χ0n) is 8.79. The Morgan fingerprint density at radius 2 is 1.94 bits per heavy atom. The largest absolute Gasteiger partial charge is 0.238 e. The Hall–Kier alpha value is -0.750. The number of halogens is 3. The Morgan fingerprint density at radius 1 is 1.35 bits per heavy atom. The third-order valence-electron chi connectivity index (χ3n) is 2.91. The summed E-state index contributed by atoms with van der Waals surface area (Å²) in [5, 5.41) is 0.131. The van der Waals surface area contributed by atoms with E-state index in [9.17, 15) is 17.2 Å². The average molecular weight is 282 g/mol. The lowest BCUT2D eigenvalue weighted by molar-refractivity contribution is 0.141. The highest BCUT2D eigenvalue weighted by Crippen LogP contribution is 2.39. The number of hydrogen-bond acceptors (Lipinski definition) is 3. The van der Waals surface area contributed by atoms with E-state index in [1.54, 1.807) is 0 Å². The second kappa shape index (κ2) is 4.17. The normalized spacial score (nSPS) is 22.3. The van der Waals surface area contributed by atoms with Crippen LogP contribution in [0, 0.1) is 5.95 Å². The molecule has 0 aliphatic carbocycles. The first-order valence-electron chi connectivity index (χ1n) is 5.03. The first-order chi connectivity index (χ1) is 7.82. The molecule has 0 aromatic carbocycles. The van der Waals surface area contributed by atoms with Crippen LogP contribution in [0.2, 0.25) is 5.02 Å². The fraction of sp³-hybridized carbons (Fsp3) is 0.500. The topological polar surface area (TPSA) is 47.0 Å². The molecule has 1 fully saturated rings. The van der Waals surface area contributed by atoms with Crippen molar-refractivity contribution in [1.29, 1.82) is 0 Å². The van der Waals surface area contributed by atoms with Crippen molar-refractivity contribution in [2.75, 3.05) is 11.5 Å². The molecule has 0 atom stereocenters. The monoisotopic (exact) mass is 281 g/mol. The molecule has 0 saturated carbocycles. The smallest absolute Gasteiger partial charge is 0.219 e. The zero-order valence-corrected chi connectivity index (χ0v) is 10.4. The van der Waals surface area contributed by atoms with E-state index in [4.69, 9.17) is 11.6 Å². The van der Waals surface area contributed by atoms with Gasteiger partial charge < -0.3 is 0 Å². The van der Waals surface area contributed by atoms with Crippen molar-refractivity contribution in [1.82, 2.24) is 4.98 Å². The molecule has 0 bridgehead atoms. The number of sulfone groups is 1. The van der Waals surface area contributed by atoms with Crippen LogP contribution >= 0.6 is 11.6 Å². The third-order valence-corrected chi connectivity index (χ3v) is 4.77. The van der Waals surface area contributed by atoms with Crippen LogP contribution < -0.4 is 0 Å². The molecule has 1 aromatic rings. The van der Waals surface area contributed by atoms with E-state index >= 15 is 0 Å². The van der Waals surface area contributed by atoms with E-state index in [0.717, 1.165) is 6.20 Å². The fourth-order valence-electron chi connectivity index (χ4n) is 1.87. The Morgan fingerprint density at radius 3 is 2.53 bits per heavy atom. The highest BCUT2D eigenvalue weighted by atomic mass is 35.5. The lowest BCUT2D eigenvalue weighted by Crippen LogP contribution is -2.34. The summed E-state index contributed by atoms with van der Waals surface area (Å²) in [6.07, 6.45) is 0.575. The number of nitrogens with zero attached hydrogens (tertiary/aromatic N) is 1. The highest BCUT2D eigenvalue weighted by Gasteiger charge is 2.41. The molecule has 2 heterocycles. The molecule has 1 saturated heterocycles. The molecule has 2 rings (SSSR count). The second-order valence-electron chi connectivity index (χ2n) is 4.11. The SMILES string of the molecule is O=S1(=O)CCC(F)(c2cc(Cl)cnc2F)CC1. The summed E-state index contributed by atoms with van der Waals surface area (Å²) in [7, 11) is -3.20. The molecule has 3 nitrogen and oxygen atoms in total. The summed E-state index contributed by atoms with van der Waals surface area (Å²) < 4.78 is 50.4. The summed E-state index contributed by atoms with van der Waals surface area (Å²) in [6, 6.07) is 1.17. The summed E-state index contributed by atoms with van der Waals surface area (Å²) in [4.78, 5) is 3.35. The van der Waals surface area contributed by atoms with E-state index in [2.05, 4.69) is 4.98 Å². The van der Waals surface area contributed by atoms with Gasteiger partial charge in [-0.15, -0.1) is 0 Å². The number of hydrogen-bond donors (Lipinski definition) is 0. The number of rotatable bonds is 1. The molecule has 0 radical (unpaired) electrons. The van der Waals surface area contributed by atoms with Crippen LogP contribution in [0.4, 0.5) is 8.78 Å². The molecule has 0 unspecified atom stereocenters. The zero-order chi connectivity index (χ0) is 12.7. The van der Waals surface area contributed by atoms with Gasteiger partial charge in [0.2, 0.25) is 5.95 Å². The van der Waals surface area contributed by atoms with Crippen molar-refractivity contribution < 1.29 is 17.2 Å². The molecule has 0 N–H and O–H groups in total. The van der Waals surface area contributed by atoms with Gasteiger partial charge in [0.25, 0.3) is 0 Å². The number of alkyl halides is 1. The summed E-state index contributed by atoms with van der Waals surface area (Å²) in [5.74, 6) is -1.50. The molecule has 7 heteroatoms. The van der Waals surface area contributed by atoms with Gasteiger partial charge in [-0.25, -0.2) is 17.8 Å². The van der Waals surface area contributed by atoms with Gasteiger partial charge in [0.15, 0.2) is 9.84 Å². The van der Waals surface area contributed by atoms with E-state index in [1.165, 1.54) is 6.07 Å². The van der Waals surface area contributed by atoms with Crippen molar-refractivity contribution in [2.45, 2.75) is 18.5 Å². The van der Waals surface area contributed by atoms with Crippen molar-refractivity contribution >= 4 is 21.4 Å². The lowest BCUT2D eigenvalue weighted by atomic mass is 9.91. The third kappa shape index (κ3) is 2.57. The molecule has 94 valence electrons. The molecule has 1 aliphatic rings. The first kappa shape index (κ1) is 12.7. The van der Waals surface area contributed by atoms with Gasteiger partial charge >= 0.3 is 0 Å². The van der Waals surface area contributed by atoms with Crippen molar-refractivity contribution in [2.24, 2.45) is 0 Å². The molecular weight excluding hydrogens is 272 g/mol. The van der Waals surface area contributed by atoms with Crippen LogP contribution in [0.1, 0.15) is 18.4 Å². The van der Waals surface area contributed by atoms with Crippen LogP contribution in [-0.2, 0) is 15.5 Å². The highest BCUT2D eigenvalue weighted by molar-refractivity contribution is 7.91. The number of aromatic nitrogens is 1. The van der Waals surface area contributed by atoms with Gasteiger partial charge in [0, 0.05) is 11.8 Å². The molecule has 17 heavy (non-hydrogen) atoms. The van der Waals surface area contributed by atoms with Gasteiger partial charge in [0.05, 0.1) is 16.5 Å². The van der Waals surface area contributed by atoms with E-state index in [-0.39, 0.29) is 34.9 Å². The van der Waals surface area contributed by atoms with Gasteiger partial charge in [-0.05, 0) is 18.9 Å². The predicted molar refractivity (Wildman–Crippen MR) is 59.9 cm³/mol. The standard InChI is InChI=1S/C10H10ClF2NO2S/c11-7-5-8(9(12)14-6-7)10(13)1-3-17(15,16)4-2-10/h5-6H,1-4H2. The van der Waals surface area contributed by atoms with Gasteiger partial charge in [-0.2, -0.15) is 4.39 Å². The van der Waals surface area contributed by atoms with E-state index < -0.39 is 21.5 Å². The average Bonchev–Trinajstić information content (AvgIpc) is 2.26. The molecule has 0 amide bonds. The Bertz CT molecular complexity index is 533. The van der Waals surface area contributed by atoms with Crippen LogP contribution in [-0.4, -0.2) is 24.9 Å². The fourth-order valence-corrected chi connectivity index (χ4v) is 3.50. The quantitative estimate of drug-likeness (QED) is 0.742. The van der Waals surface area contributed by atoms with E-state index in [0.29, 0.717) is 0 Å². The summed E-state index contributed by atoms with van der Waals surface area (Å²) in [6.45, 7) is 0. The Labute approximate surface area is 103 Å². The Balaban J connectivity index is 2.36. The minimum Gasteiger partial charge on any atom is -0.238 e. The molecule has 1 aliphatic heterocycles. The maximum atomic E-state index is 14.5. The van der Waals surface area contributed by atoms with Crippen LogP contribution in [0.15, 0.2) is 12.3 Å². The Kier molecular flexibility index (Phi) is 3.12. The van der Waals surface area contributed by atoms with Gasteiger partial charge in [-0.1, -0.05) is 11.6 Å². The maximum absolute atomic E-state index is 14.5. The van der Waals surface area contributed by atoms with Crippen molar-refractivity contribution in [3.05, 3.63) is 28.8 Å². The maximum Gasteiger partial charge on any atom is 0.219 e.